The fourth-order valence-corrected chi connectivity index (χ4v) is 7.65. The van der Waals surface area contributed by atoms with E-state index in [1.165, 1.54) is 70.9 Å². The Morgan fingerprint density at radius 1 is 0.852 bits per heavy atom. The van der Waals surface area contributed by atoms with Crippen LogP contribution in [0.15, 0.2) is 113 Å². The number of halogens is 1. The highest BCUT2D eigenvalue weighted by molar-refractivity contribution is 8.05. The summed E-state index contributed by atoms with van der Waals surface area (Å²) in [7, 11) is 0. The van der Waals surface area contributed by atoms with Crippen LogP contribution in [0.3, 0.4) is 0 Å². The van der Waals surface area contributed by atoms with Gasteiger partial charge in [-0.25, -0.2) is 4.39 Å². The molecule has 0 radical (unpaired) electrons. The molecule has 2 N–H and O–H groups in total. The van der Waals surface area contributed by atoms with Gasteiger partial charge < -0.3 is 5.73 Å². The molecule has 352 valence electrons. The lowest BCUT2D eigenvalue weighted by Gasteiger charge is -2.35. The lowest BCUT2D eigenvalue weighted by atomic mass is 9.68. The fourth-order valence-electron chi connectivity index (χ4n) is 7.11. The summed E-state index contributed by atoms with van der Waals surface area (Å²) in [6, 6.07) is 6.87. The number of nitrogens with two attached hydrogens (primary N) is 1. The van der Waals surface area contributed by atoms with Crippen LogP contribution in [0.5, 0.6) is 0 Å². The van der Waals surface area contributed by atoms with Gasteiger partial charge in [0.15, 0.2) is 0 Å². The number of rotatable bonds is 18. The Balaban J connectivity index is -0.000000391. The molecule has 3 heteroatoms. The summed E-state index contributed by atoms with van der Waals surface area (Å²) < 4.78 is 13.3. The molecule has 1 unspecified atom stereocenters. The van der Waals surface area contributed by atoms with E-state index >= 15 is 0 Å². The van der Waals surface area contributed by atoms with Crippen molar-refractivity contribution in [3.05, 3.63) is 130 Å². The minimum Gasteiger partial charge on any atom is -0.399 e. The van der Waals surface area contributed by atoms with Gasteiger partial charge >= 0.3 is 0 Å². The van der Waals surface area contributed by atoms with Crippen LogP contribution in [0.1, 0.15) is 206 Å². The predicted molar refractivity (Wildman–Crippen MR) is 285 cm³/mol. The summed E-state index contributed by atoms with van der Waals surface area (Å²) in [6.45, 7) is 62.0. The summed E-state index contributed by atoms with van der Waals surface area (Å²) in [4.78, 5) is 1.19. The summed E-state index contributed by atoms with van der Waals surface area (Å²) in [5, 5.41) is 1.84. The molecule has 0 aliphatic heterocycles. The third-order valence-electron chi connectivity index (χ3n) is 12.6. The molecule has 1 aliphatic carbocycles. The Hall–Kier alpha value is -2.78. The summed E-state index contributed by atoms with van der Waals surface area (Å²) >= 11 is 1.62. The van der Waals surface area contributed by atoms with Crippen molar-refractivity contribution in [1.82, 2.24) is 0 Å². The van der Waals surface area contributed by atoms with Gasteiger partial charge in [-0.2, -0.15) is 0 Å². The molecule has 1 aromatic rings. The van der Waals surface area contributed by atoms with E-state index in [-0.39, 0.29) is 16.7 Å². The van der Waals surface area contributed by atoms with Gasteiger partial charge in [-0.1, -0.05) is 191 Å². The minimum absolute atomic E-state index is 0.0879. The molecule has 0 spiro atoms. The molecule has 0 heterocycles. The van der Waals surface area contributed by atoms with E-state index in [0.717, 1.165) is 55.2 Å². The maximum absolute atomic E-state index is 13.3. The third-order valence-corrected chi connectivity index (χ3v) is 13.4. The number of benzene rings is 1. The predicted octanol–water partition coefficient (Wildman–Crippen LogP) is 20.1. The number of aryl methyl sites for hydroxylation is 1. The lowest BCUT2D eigenvalue weighted by Crippen LogP contribution is -2.27. The molecule has 1 aromatic carbocycles. The van der Waals surface area contributed by atoms with E-state index in [1.807, 2.05) is 40.0 Å². The van der Waals surface area contributed by atoms with Gasteiger partial charge in [0.2, 0.25) is 0 Å². The molecule has 61 heavy (non-hydrogen) atoms. The second-order valence-corrected chi connectivity index (χ2v) is 19.9. The second-order valence-electron chi connectivity index (χ2n) is 18.8. The first-order valence-corrected chi connectivity index (χ1v) is 24.6. The SMILES string of the molecule is C=C(C)CC.C=C/C(F)=C(\C=C)C(C)(C)C(C)C.C=CS/C(C)=C(C)\C(N)=C/Cc1ccc(C(CC)(CCC)C(=C)C)c(C)c1.CC.CC1CC(C)C1.CCCC(C)(C)CC. The number of thioether (sulfide) groups is 1. The van der Waals surface area contributed by atoms with Gasteiger partial charge in [-0.3, -0.25) is 0 Å². The van der Waals surface area contributed by atoms with Crippen LogP contribution < -0.4 is 5.73 Å². The van der Waals surface area contributed by atoms with Crippen molar-refractivity contribution in [2.24, 2.45) is 34.3 Å². The Kier molecular flexibility index (Phi) is 36.9. The molecule has 2 rings (SSSR count). The Labute approximate surface area is 387 Å². The van der Waals surface area contributed by atoms with Gasteiger partial charge in [-0.05, 0) is 152 Å². The Bertz CT molecular complexity index is 1500. The van der Waals surface area contributed by atoms with E-state index in [4.69, 9.17) is 5.73 Å². The van der Waals surface area contributed by atoms with Gasteiger partial charge in [0.05, 0.1) is 0 Å². The van der Waals surface area contributed by atoms with Crippen molar-refractivity contribution >= 4 is 11.8 Å². The zero-order valence-electron chi connectivity index (χ0n) is 44.2. The fraction of sp³-hybridized carbons (Fsp3) is 0.621. The Morgan fingerprint density at radius 2 is 1.34 bits per heavy atom. The lowest BCUT2D eigenvalue weighted by molar-refractivity contribution is 0.233. The summed E-state index contributed by atoms with van der Waals surface area (Å²) in [5.74, 6) is 2.18. The maximum Gasteiger partial charge on any atom is 0.126 e. The van der Waals surface area contributed by atoms with Gasteiger partial charge in [0.25, 0.3) is 0 Å². The summed E-state index contributed by atoms with van der Waals surface area (Å²) in [5.41, 5.74) is 16.0. The van der Waals surface area contributed by atoms with Crippen molar-refractivity contribution in [1.29, 1.82) is 0 Å². The topological polar surface area (TPSA) is 26.0 Å². The first-order chi connectivity index (χ1) is 28.3. The van der Waals surface area contributed by atoms with Gasteiger partial charge in [0, 0.05) is 11.1 Å². The second kappa shape index (κ2) is 34.7. The van der Waals surface area contributed by atoms with Gasteiger partial charge in [-0.15, -0.1) is 18.3 Å². The van der Waals surface area contributed by atoms with Crippen LogP contribution in [-0.2, 0) is 11.8 Å². The normalized spacial score (nSPS) is 16.4. The van der Waals surface area contributed by atoms with Crippen LogP contribution in [-0.4, -0.2) is 0 Å². The zero-order chi connectivity index (χ0) is 48.7. The first kappa shape index (κ1) is 64.8. The van der Waals surface area contributed by atoms with Gasteiger partial charge in [0.1, 0.15) is 5.83 Å². The largest absolute Gasteiger partial charge is 0.399 e. The highest BCUT2D eigenvalue weighted by Crippen LogP contribution is 2.41. The monoisotopic (exact) mass is 864 g/mol. The van der Waals surface area contributed by atoms with E-state index in [0.29, 0.717) is 16.9 Å². The third kappa shape index (κ3) is 25.8. The molecule has 1 aliphatic rings. The van der Waals surface area contributed by atoms with Crippen LogP contribution >= 0.6 is 11.8 Å². The molecule has 0 bridgehead atoms. The number of allylic oxidation sites excluding steroid dienone is 9. The average molecular weight is 865 g/mol. The van der Waals surface area contributed by atoms with Crippen LogP contribution in [0.4, 0.5) is 4.39 Å². The van der Waals surface area contributed by atoms with Crippen molar-refractivity contribution in [2.45, 2.75) is 208 Å². The van der Waals surface area contributed by atoms with Crippen LogP contribution in [0.25, 0.3) is 0 Å². The maximum atomic E-state index is 13.3. The van der Waals surface area contributed by atoms with Crippen molar-refractivity contribution in [3.63, 3.8) is 0 Å². The molecule has 1 nitrogen and oxygen atoms in total. The average Bonchev–Trinajstić information content (AvgIpc) is 3.20. The highest BCUT2D eigenvalue weighted by Gasteiger charge is 2.32. The number of hydrogen-bond donors (Lipinski definition) is 1. The molecule has 0 amide bonds. The molecular weight excluding hydrogens is 762 g/mol. The molecule has 1 atom stereocenters. The molecular formula is C58H102FNS. The molecule has 0 saturated heterocycles. The van der Waals surface area contributed by atoms with Crippen LogP contribution in [0, 0.1) is 35.5 Å². The van der Waals surface area contributed by atoms with E-state index in [9.17, 15) is 4.39 Å². The van der Waals surface area contributed by atoms with Crippen molar-refractivity contribution in [2.75, 3.05) is 0 Å². The van der Waals surface area contributed by atoms with E-state index in [2.05, 4.69) is 161 Å². The van der Waals surface area contributed by atoms with E-state index in [1.54, 1.807) is 17.8 Å². The summed E-state index contributed by atoms with van der Waals surface area (Å²) in [6.07, 6.45) is 17.2. The van der Waals surface area contributed by atoms with Crippen molar-refractivity contribution < 1.29 is 4.39 Å². The number of hydrogen-bond acceptors (Lipinski definition) is 2. The van der Waals surface area contributed by atoms with Crippen molar-refractivity contribution in [3.8, 4) is 0 Å². The van der Waals surface area contributed by atoms with E-state index < -0.39 is 0 Å². The molecule has 1 saturated carbocycles. The first-order valence-electron chi connectivity index (χ1n) is 23.7. The standard InChI is InChI=1S/C25H37NS.C12H19F.C8H18.C6H12.C5H10.C2H6/c1-9-16-25(10-2,18(4)5)23-14-12-22(17-19(23)6)13-15-24(26)20(7)21(8)27-11-3;1-7-10(11(13)8-2)12(5,6)9(3)4;1-5-7-8(3,4)6-2;1-5-3-6(2)4-5;1-4-5(2)3;1-2/h11-12,14-15,17H,3-4,9-10,13,16,26H2,1-2,5-8H3;7-9H,1-2H2,3-6H3;5-7H2,1-4H3;5-6H,3-4H2,1-2H3;2,4H2,1,3H3;1-2H3/b21-20-,24-15+;11-10-;;;;. The molecule has 0 aromatic heterocycles. The zero-order valence-corrected chi connectivity index (χ0v) is 45.1. The smallest absolute Gasteiger partial charge is 0.126 e. The quantitative estimate of drug-likeness (QED) is 0.118. The van der Waals surface area contributed by atoms with Crippen LogP contribution in [0.2, 0.25) is 0 Å². The highest BCUT2D eigenvalue weighted by atomic mass is 32.2. The molecule has 1 fully saturated rings. The Morgan fingerprint density at radius 3 is 1.62 bits per heavy atom. The minimum atomic E-state index is -0.270.